The predicted octanol–water partition coefficient (Wildman–Crippen LogP) is 5.56. The van der Waals surface area contributed by atoms with Crippen LogP contribution in [0.15, 0.2) is 0 Å². The molecule has 0 heterocycles. The molecule has 4 heteroatoms. The van der Waals surface area contributed by atoms with Crippen LogP contribution >= 0.6 is 0 Å². The van der Waals surface area contributed by atoms with Crippen molar-refractivity contribution < 1.29 is 17.1 Å². The summed E-state index contributed by atoms with van der Waals surface area (Å²) in [5.41, 5.74) is -0.500. The normalized spacial score (nSPS) is 9.30. The van der Waals surface area contributed by atoms with Crippen molar-refractivity contribution in [2.24, 2.45) is 0 Å². The van der Waals surface area contributed by atoms with Gasteiger partial charge in [-0.05, 0) is 0 Å². The first-order chi connectivity index (χ1) is 7.68. The zero-order valence-electron chi connectivity index (χ0n) is 14.7. The fourth-order valence-electron chi connectivity index (χ4n) is 0. The third-order valence-corrected chi connectivity index (χ3v) is 1.01. The van der Waals surface area contributed by atoms with Gasteiger partial charge >= 0.3 is 0 Å². The van der Waals surface area contributed by atoms with Crippen LogP contribution in [-0.2, 0) is 17.1 Å². The molecule has 0 aromatic heterocycles. The van der Waals surface area contributed by atoms with Crippen molar-refractivity contribution in [2.45, 2.75) is 78.9 Å². The molecule has 0 aliphatic heterocycles. The Hall–Kier alpha value is -1.01. The average molecular weight is 319 g/mol. The van der Waals surface area contributed by atoms with Crippen LogP contribution < -0.4 is 0 Å². The first kappa shape index (κ1) is 31.4. The molecule has 1 radical (unpaired) electrons. The monoisotopic (exact) mass is 319 g/mol. The van der Waals surface area contributed by atoms with Gasteiger partial charge in [-0.1, -0.05) is 0 Å². The molecule has 0 saturated carbocycles. The summed E-state index contributed by atoms with van der Waals surface area (Å²) in [6.07, 6.45) is 0. The predicted molar refractivity (Wildman–Crippen MR) is 85.5 cm³/mol. The summed E-state index contributed by atoms with van der Waals surface area (Å²) < 4.78 is 0. The van der Waals surface area contributed by atoms with Gasteiger partial charge in [0.1, 0.15) is 0 Å². The van der Waals surface area contributed by atoms with E-state index in [4.69, 9.17) is 19.7 Å². The summed E-state index contributed by atoms with van der Waals surface area (Å²) in [6.45, 7) is 36.4. The minimum absolute atomic E-state index is 0. The quantitative estimate of drug-likeness (QED) is 0.409. The molecular formula is C16H30MnN3-. The van der Waals surface area contributed by atoms with E-state index >= 15 is 0 Å². The van der Waals surface area contributed by atoms with E-state index < -0.39 is 0 Å². The summed E-state index contributed by atoms with van der Waals surface area (Å²) in [6, 6.07) is 0. The van der Waals surface area contributed by atoms with Crippen molar-refractivity contribution in [1.29, 1.82) is 0 Å². The van der Waals surface area contributed by atoms with Crippen molar-refractivity contribution in [3.63, 3.8) is 0 Å². The molecule has 0 N–H and O–H groups in total. The largest absolute Gasteiger partial charge is 0.358 e. The number of rotatable bonds is 0. The Bertz CT molecular complexity index is 276. The maximum absolute atomic E-state index is 6.48. The topological polar surface area (TPSA) is 13.1 Å². The van der Waals surface area contributed by atoms with Gasteiger partial charge in [0.15, 0.2) is 0 Å². The van der Waals surface area contributed by atoms with Crippen molar-refractivity contribution in [3.8, 4) is 0 Å². The van der Waals surface area contributed by atoms with Crippen molar-refractivity contribution in [1.82, 2.24) is 0 Å². The molecule has 0 aromatic rings. The van der Waals surface area contributed by atoms with E-state index in [1.807, 2.05) is 62.3 Å². The maximum Gasteiger partial charge on any atom is 0.224 e. The van der Waals surface area contributed by atoms with Crippen molar-refractivity contribution in [2.75, 3.05) is 0 Å². The second kappa shape index (κ2) is 13.0. The van der Waals surface area contributed by atoms with Crippen LogP contribution in [0.3, 0.4) is 0 Å². The summed E-state index contributed by atoms with van der Waals surface area (Å²) >= 11 is 0. The summed E-state index contributed by atoms with van der Waals surface area (Å²) in [5.74, 6) is 0. The van der Waals surface area contributed by atoms with Crippen LogP contribution in [0, 0.1) is 27.1 Å². The maximum atomic E-state index is 6.48. The molecule has 0 fully saturated rings. The molecular weight excluding hydrogens is 289 g/mol. The fraction of sp³-hybridized carbons (Fsp3) is 0.750. The third kappa shape index (κ3) is 68.0. The summed E-state index contributed by atoms with van der Waals surface area (Å²) in [4.78, 5) is 9.81. The minimum Gasteiger partial charge on any atom is -0.358 e. The van der Waals surface area contributed by atoms with E-state index in [1.54, 1.807) is 0 Å². The Morgan fingerprint density at radius 1 is 0.500 bits per heavy atom. The van der Waals surface area contributed by atoms with E-state index in [0.717, 1.165) is 0 Å². The first-order valence-corrected chi connectivity index (χ1v) is 5.84. The Morgan fingerprint density at radius 2 is 0.550 bits per heavy atom. The van der Waals surface area contributed by atoms with E-state index in [-0.39, 0.29) is 41.1 Å². The molecule has 0 rings (SSSR count). The standard InChI is InChI=1S/3C5H9N.CH3.Mn/c3*1-5(2,3)6-4;;/h3*1-3H3;1H3;/q;;;-1;. The van der Waals surface area contributed by atoms with E-state index in [1.165, 1.54) is 0 Å². The SMILES string of the molecule is [C-]#[N+]C(C)(C)C.[C-]#[N+]C(C)(C)C.[C-]#[N+]C(C)(C)C.[CH3-].[Mn]. The molecule has 0 saturated heterocycles. The molecule has 0 aliphatic carbocycles. The van der Waals surface area contributed by atoms with Gasteiger partial charge in [0.25, 0.3) is 0 Å². The van der Waals surface area contributed by atoms with Crippen LogP contribution in [0.2, 0.25) is 0 Å². The molecule has 0 atom stereocenters. The van der Waals surface area contributed by atoms with Gasteiger partial charge in [0.05, 0.1) is 0 Å². The van der Waals surface area contributed by atoms with Gasteiger partial charge in [-0.3, -0.25) is 0 Å². The molecule has 0 aliphatic rings. The van der Waals surface area contributed by atoms with Gasteiger partial charge < -0.3 is 22.0 Å². The Kier molecular flexibility index (Phi) is 20.4. The van der Waals surface area contributed by atoms with Crippen molar-refractivity contribution in [3.05, 3.63) is 41.7 Å². The zero-order valence-corrected chi connectivity index (χ0v) is 15.9. The first-order valence-electron chi connectivity index (χ1n) is 5.84. The molecule has 117 valence electrons. The number of nitrogens with zero attached hydrogens (tertiary/aromatic N) is 3. The number of hydrogen-bond donors (Lipinski definition) is 0. The van der Waals surface area contributed by atoms with Crippen LogP contribution in [-0.4, -0.2) is 16.6 Å². The Morgan fingerprint density at radius 3 is 0.550 bits per heavy atom. The van der Waals surface area contributed by atoms with Crippen molar-refractivity contribution >= 4 is 0 Å². The average Bonchev–Trinajstić information content (AvgIpc) is 2.16. The van der Waals surface area contributed by atoms with Crippen LogP contribution in [0.5, 0.6) is 0 Å². The fourth-order valence-corrected chi connectivity index (χ4v) is 0. The third-order valence-electron chi connectivity index (χ3n) is 1.01. The van der Waals surface area contributed by atoms with Gasteiger partial charge in [-0.15, -0.1) is 0 Å². The zero-order chi connectivity index (χ0) is 15.6. The van der Waals surface area contributed by atoms with Crippen LogP contribution in [0.25, 0.3) is 14.5 Å². The van der Waals surface area contributed by atoms with E-state index in [2.05, 4.69) is 14.5 Å². The second-order valence-corrected chi connectivity index (χ2v) is 6.85. The van der Waals surface area contributed by atoms with Crippen LogP contribution in [0.4, 0.5) is 0 Å². The molecule has 0 unspecified atom stereocenters. The van der Waals surface area contributed by atoms with E-state index in [0.29, 0.717) is 0 Å². The summed E-state index contributed by atoms with van der Waals surface area (Å²) in [5, 5.41) is 0. The minimum atomic E-state index is -0.167. The van der Waals surface area contributed by atoms with Gasteiger partial charge in [0, 0.05) is 79.4 Å². The second-order valence-electron chi connectivity index (χ2n) is 6.85. The van der Waals surface area contributed by atoms with Gasteiger partial charge in [0.2, 0.25) is 16.6 Å². The smallest absolute Gasteiger partial charge is 0.224 e. The summed E-state index contributed by atoms with van der Waals surface area (Å²) in [7, 11) is 0. The number of hydrogen-bond acceptors (Lipinski definition) is 0. The molecule has 20 heavy (non-hydrogen) atoms. The molecule has 0 spiro atoms. The van der Waals surface area contributed by atoms with Gasteiger partial charge in [-0.2, -0.15) is 0 Å². The molecule has 0 amide bonds. The molecule has 3 nitrogen and oxygen atoms in total. The Balaban J connectivity index is -0.0000000536. The van der Waals surface area contributed by atoms with E-state index in [9.17, 15) is 0 Å². The van der Waals surface area contributed by atoms with Gasteiger partial charge in [-0.25, -0.2) is 19.7 Å². The Labute approximate surface area is 138 Å². The molecule has 0 aromatic carbocycles. The van der Waals surface area contributed by atoms with Crippen LogP contribution in [0.1, 0.15) is 62.3 Å². The molecule has 0 bridgehead atoms.